The molecule has 2 atom stereocenters. The van der Waals surface area contributed by atoms with Crippen LogP contribution in [0.4, 0.5) is 0 Å². The molecule has 0 spiro atoms. The number of aryl methyl sites for hydroxylation is 1. The maximum absolute atomic E-state index is 11.9. The number of nitrogens with one attached hydrogen (secondary N) is 1. The average Bonchev–Trinajstić information content (AvgIpc) is 2.94. The maximum atomic E-state index is 11.9. The van der Waals surface area contributed by atoms with Gasteiger partial charge in [-0.3, -0.25) is 4.79 Å². The Labute approximate surface area is 177 Å². The first kappa shape index (κ1) is 21.8. The number of carbonyl (C=O) groups is 1. The first-order valence-electron chi connectivity index (χ1n) is 9.81. The van der Waals surface area contributed by atoms with E-state index in [1.807, 2.05) is 25.1 Å². The summed E-state index contributed by atoms with van der Waals surface area (Å²) in [6.07, 6.45) is 4.22. The van der Waals surface area contributed by atoms with Gasteiger partial charge in [0.2, 0.25) is 11.7 Å². The molecule has 2 N–H and O–H groups in total. The third kappa shape index (κ3) is 3.77. The van der Waals surface area contributed by atoms with E-state index in [0.717, 1.165) is 27.8 Å². The molecule has 0 aliphatic heterocycles. The lowest BCUT2D eigenvalue weighted by Gasteiger charge is -2.21. The van der Waals surface area contributed by atoms with E-state index < -0.39 is 6.10 Å². The van der Waals surface area contributed by atoms with E-state index in [2.05, 4.69) is 5.32 Å². The standard InChI is InChI=1S/C23H29NO6/c1-12-9-16-15(11-18(27-3)21(12)26)17(24-13(2)25)8-7-14-10-19(28-4)22(29-5)23(30-6)20(14)16/h9-11,17,21,26H,7-8H2,1-6H3,(H,24,25)/t17-,21-/m0/s1. The molecule has 2 aliphatic rings. The van der Waals surface area contributed by atoms with Crippen LogP contribution < -0.4 is 19.5 Å². The molecule has 3 rings (SSSR count). The lowest BCUT2D eigenvalue weighted by molar-refractivity contribution is -0.119. The summed E-state index contributed by atoms with van der Waals surface area (Å²) in [5, 5.41) is 13.8. The fraction of sp³-hybridized carbons (Fsp3) is 0.435. The second kappa shape index (κ2) is 8.83. The molecule has 0 unspecified atom stereocenters. The highest BCUT2D eigenvalue weighted by Gasteiger charge is 2.32. The zero-order chi connectivity index (χ0) is 22.0. The van der Waals surface area contributed by atoms with Crippen molar-refractivity contribution >= 4 is 11.5 Å². The van der Waals surface area contributed by atoms with Crippen molar-refractivity contribution in [3.63, 3.8) is 0 Å². The summed E-state index contributed by atoms with van der Waals surface area (Å²) in [7, 11) is 6.28. The summed E-state index contributed by atoms with van der Waals surface area (Å²) in [6, 6.07) is 1.69. The summed E-state index contributed by atoms with van der Waals surface area (Å²) in [6.45, 7) is 3.34. The Bertz CT molecular complexity index is 944. The van der Waals surface area contributed by atoms with Gasteiger partial charge in [0.15, 0.2) is 11.5 Å². The van der Waals surface area contributed by atoms with Crippen molar-refractivity contribution in [3.8, 4) is 17.2 Å². The van der Waals surface area contributed by atoms with E-state index in [1.165, 1.54) is 14.0 Å². The van der Waals surface area contributed by atoms with Gasteiger partial charge in [-0.25, -0.2) is 0 Å². The molecule has 162 valence electrons. The van der Waals surface area contributed by atoms with Gasteiger partial charge in [-0.05, 0) is 54.2 Å². The van der Waals surface area contributed by atoms with Crippen LogP contribution in [-0.4, -0.2) is 51.6 Å². The molecule has 2 aliphatic carbocycles. The van der Waals surface area contributed by atoms with Crippen molar-refractivity contribution in [2.24, 2.45) is 0 Å². The van der Waals surface area contributed by atoms with Crippen molar-refractivity contribution in [1.82, 2.24) is 5.32 Å². The van der Waals surface area contributed by atoms with Crippen LogP contribution >= 0.6 is 0 Å². The SMILES string of the molecule is COC1=CC2=C(C=C(C)[C@@H]1O)c1c(cc(OC)c(OC)c1OC)CC[C@@H]2NC(C)=O. The molecule has 0 aromatic heterocycles. The summed E-state index contributed by atoms with van der Waals surface area (Å²) in [5.41, 5.74) is 4.29. The van der Waals surface area contributed by atoms with Crippen molar-refractivity contribution in [2.75, 3.05) is 28.4 Å². The van der Waals surface area contributed by atoms with Crippen molar-refractivity contribution in [1.29, 1.82) is 0 Å². The normalized spacial score (nSPS) is 20.6. The summed E-state index contributed by atoms with van der Waals surface area (Å²) < 4.78 is 22.4. The number of aliphatic hydroxyl groups excluding tert-OH is 1. The number of carbonyl (C=O) groups excluding carboxylic acids is 1. The lowest BCUT2D eigenvalue weighted by atomic mass is 9.92. The Balaban J connectivity index is 2.40. The van der Waals surface area contributed by atoms with Gasteiger partial charge in [0, 0.05) is 12.5 Å². The zero-order valence-corrected chi connectivity index (χ0v) is 18.3. The summed E-state index contributed by atoms with van der Waals surface area (Å²) >= 11 is 0. The highest BCUT2D eigenvalue weighted by Crippen LogP contribution is 2.48. The minimum absolute atomic E-state index is 0.127. The fourth-order valence-electron chi connectivity index (χ4n) is 4.15. The molecule has 30 heavy (non-hydrogen) atoms. The Morgan fingerprint density at radius 3 is 2.33 bits per heavy atom. The number of amides is 1. The number of benzene rings is 1. The van der Waals surface area contributed by atoms with Crippen LogP contribution in [0.1, 0.15) is 31.4 Å². The Morgan fingerprint density at radius 2 is 1.77 bits per heavy atom. The molecule has 0 saturated carbocycles. The van der Waals surface area contributed by atoms with Crippen molar-refractivity contribution in [3.05, 3.63) is 46.3 Å². The molecule has 1 aromatic rings. The Kier molecular flexibility index (Phi) is 6.41. The van der Waals surface area contributed by atoms with Gasteiger partial charge in [0.1, 0.15) is 11.9 Å². The van der Waals surface area contributed by atoms with Crippen molar-refractivity contribution in [2.45, 2.75) is 38.8 Å². The smallest absolute Gasteiger partial charge is 0.217 e. The van der Waals surface area contributed by atoms with Gasteiger partial charge >= 0.3 is 0 Å². The quantitative estimate of drug-likeness (QED) is 0.769. The molecular weight excluding hydrogens is 386 g/mol. The van der Waals surface area contributed by atoms with Crippen LogP contribution in [0.15, 0.2) is 35.1 Å². The van der Waals surface area contributed by atoms with Crippen LogP contribution in [0, 0.1) is 0 Å². The molecule has 0 fully saturated rings. The number of ether oxygens (including phenoxy) is 4. The minimum atomic E-state index is -0.880. The molecule has 0 bridgehead atoms. The van der Waals surface area contributed by atoms with E-state index in [9.17, 15) is 9.90 Å². The number of fused-ring (bicyclic) bond motifs is 2. The van der Waals surface area contributed by atoms with Crippen LogP contribution in [0.25, 0.3) is 5.57 Å². The molecule has 1 amide bonds. The minimum Gasteiger partial charge on any atom is -0.498 e. The molecule has 0 radical (unpaired) electrons. The number of allylic oxidation sites excluding steroid dienone is 2. The third-order valence-electron chi connectivity index (χ3n) is 5.55. The number of hydrogen-bond acceptors (Lipinski definition) is 6. The van der Waals surface area contributed by atoms with Gasteiger partial charge in [-0.2, -0.15) is 0 Å². The maximum Gasteiger partial charge on any atom is 0.217 e. The second-order valence-electron chi connectivity index (χ2n) is 7.38. The van der Waals surface area contributed by atoms with E-state index in [-0.39, 0.29) is 11.9 Å². The van der Waals surface area contributed by atoms with E-state index >= 15 is 0 Å². The zero-order valence-electron chi connectivity index (χ0n) is 18.3. The molecule has 0 heterocycles. The van der Waals surface area contributed by atoms with Gasteiger partial charge in [-0.1, -0.05) is 6.08 Å². The van der Waals surface area contributed by atoms with Crippen LogP contribution in [0.3, 0.4) is 0 Å². The van der Waals surface area contributed by atoms with Crippen LogP contribution in [0.2, 0.25) is 0 Å². The average molecular weight is 415 g/mol. The monoisotopic (exact) mass is 415 g/mol. The van der Waals surface area contributed by atoms with E-state index in [1.54, 1.807) is 21.3 Å². The van der Waals surface area contributed by atoms with Gasteiger partial charge in [0.25, 0.3) is 0 Å². The fourth-order valence-corrected chi connectivity index (χ4v) is 4.15. The molecule has 7 nitrogen and oxygen atoms in total. The number of aliphatic hydroxyl groups is 1. The van der Waals surface area contributed by atoms with Crippen LogP contribution in [-0.2, 0) is 16.0 Å². The number of hydrogen-bond donors (Lipinski definition) is 2. The largest absolute Gasteiger partial charge is 0.498 e. The number of rotatable bonds is 5. The second-order valence-corrected chi connectivity index (χ2v) is 7.38. The topological polar surface area (TPSA) is 86.2 Å². The molecule has 7 heteroatoms. The van der Waals surface area contributed by atoms with Gasteiger partial charge in [-0.15, -0.1) is 0 Å². The predicted octanol–water partition coefficient (Wildman–Crippen LogP) is 2.77. The first-order chi connectivity index (χ1) is 14.4. The Hall–Kier alpha value is -2.93. The van der Waals surface area contributed by atoms with E-state index in [0.29, 0.717) is 35.8 Å². The highest BCUT2D eigenvalue weighted by atomic mass is 16.5. The van der Waals surface area contributed by atoms with Gasteiger partial charge in [0.05, 0.1) is 34.5 Å². The number of methoxy groups -OCH3 is 4. The predicted molar refractivity (Wildman–Crippen MR) is 114 cm³/mol. The molecule has 1 aromatic carbocycles. The van der Waals surface area contributed by atoms with Gasteiger partial charge < -0.3 is 29.4 Å². The molecule has 0 saturated heterocycles. The van der Waals surface area contributed by atoms with Crippen molar-refractivity contribution < 1.29 is 28.8 Å². The Morgan fingerprint density at radius 1 is 1.07 bits per heavy atom. The van der Waals surface area contributed by atoms with Crippen LogP contribution in [0.5, 0.6) is 17.2 Å². The molecular formula is C23H29NO6. The third-order valence-corrected chi connectivity index (χ3v) is 5.55. The summed E-state index contributed by atoms with van der Waals surface area (Å²) in [5.74, 6) is 1.92. The summed E-state index contributed by atoms with van der Waals surface area (Å²) in [4.78, 5) is 11.9. The highest BCUT2D eigenvalue weighted by molar-refractivity contribution is 5.89. The van der Waals surface area contributed by atoms with E-state index in [4.69, 9.17) is 18.9 Å². The lowest BCUT2D eigenvalue weighted by Crippen LogP contribution is -2.34. The first-order valence-corrected chi connectivity index (χ1v) is 9.81.